The lowest BCUT2D eigenvalue weighted by atomic mass is 10.1. The van der Waals surface area contributed by atoms with Crippen LogP contribution in [0.4, 0.5) is 0 Å². The van der Waals surface area contributed by atoms with Crippen LogP contribution in [0.15, 0.2) is 47.5 Å². The van der Waals surface area contributed by atoms with Gasteiger partial charge < -0.3 is 20.7 Å². The van der Waals surface area contributed by atoms with Gasteiger partial charge in [0.2, 0.25) is 0 Å². The monoisotopic (exact) mass is 530 g/mol. The minimum Gasteiger partial charge on any atom is -0.497 e. The van der Waals surface area contributed by atoms with Crippen molar-refractivity contribution in [3.05, 3.63) is 64.2 Å². The summed E-state index contributed by atoms with van der Waals surface area (Å²) in [6.45, 7) is 3.94. The molecule has 158 valence electrons. The Morgan fingerprint density at radius 3 is 2.62 bits per heavy atom. The van der Waals surface area contributed by atoms with Gasteiger partial charge in [0, 0.05) is 30.7 Å². The Morgan fingerprint density at radius 1 is 1.17 bits per heavy atom. The molecule has 2 rings (SSSR count). The van der Waals surface area contributed by atoms with E-state index in [4.69, 9.17) is 16.3 Å². The highest BCUT2D eigenvalue weighted by Crippen LogP contribution is 2.22. The topological polar surface area (TPSA) is 74.8 Å². The first-order valence-corrected chi connectivity index (χ1v) is 9.60. The Kier molecular flexibility index (Phi) is 11.5. The Bertz CT molecular complexity index is 830. The lowest BCUT2D eigenvalue weighted by Gasteiger charge is -2.12. The smallest absolute Gasteiger partial charge is 0.251 e. The van der Waals surface area contributed by atoms with Crippen LogP contribution in [0.25, 0.3) is 0 Å². The molecule has 0 radical (unpaired) electrons. The molecule has 0 unspecified atom stereocenters. The van der Waals surface area contributed by atoms with Gasteiger partial charge in [0.05, 0.1) is 13.7 Å². The minimum absolute atomic E-state index is 0. The number of hydrogen-bond donors (Lipinski definition) is 3. The van der Waals surface area contributed by atoms with Crippen molar-refractivity contribution >= 4 is 47.4 Å². The molecule has 0 fully saturated rings. The number of carbonyl (C=O) groups is 1. The molecule has 2 aromatic rings. The first kappa shape index (κ1) is 25.0. The molecule has 0 aromatic heterocycles. The second-order valence-electron chi connectivity index (χ2n) is 6.11. The normalized spacial score (nSPS) is 10.7. The molecule has 0 atom stereocenters. The largest absolute Gasteiger partial charge is 0.497 e. The van der Waals surface area contributed by atoms with Crippen molar-refractivity contribution in [3.63, 3.8) is 0 Å². The van der Waals surface area contributed by atoms with Crippen LogP contribution < -0.4 is 20.7 Å². The third-order valence-electron chi connectivity index (χ3n) is 4.13. The van der Waals surface area contributed by atoms with Crippen LogP contribution in [-0.4, -0.2) is 39.1 Å². The van der Waals surface area contributed by atoms with Crippen molar-refractivity contribution in [2.45, 2.75) is 19.9 Å². The fourth-order valence-electron chi connectivity index (χ4n) is 2.64. The van der Waals surface area contributed by atoms with Crippen LogP contribution in [0, 0.1) is 0 Å². The quantitative estimate of drug-likeness (QED) is 0.277. The van der Waals surface area contributed by atoms with Crippen molar-refractivity contribution in [2.24, 2.45) is 4.99 Å². The minimum atomic E-state index is -0.104. The van der Waals surface area contributed by atoms with Gasteiger partial charge in [-0.15, -0.1) is 24.0 Å². The SMILES string of the molecule is CCNC(=NCc1cccc(C(=O)NC)c1)NCCc1ccc(OC)cc1Cl.I. The zero-order valence-corrected chi connectivity index (χ0v) is 20.0. The third-order valence-corrected chi connectivity index (χ3v) is 4.48. The fourth-order valence-corrected chi connectivity index (χ4v) is 2.91. The standard InChI is InChI=1S/C21H27ClN4O2.HI/c1-4-24-21(25-11-10-16-8-9-18(28-3)13-19(16)22)26-14-15-6-5-7-17(12-15)20(27)23-2;/h5-9,12-13H,4,10-11,14H2,1-3H3,(H,23,27)(H2,24,25,26);1H. The number of nitrogens with zero attached hydrogens (tertiary/aromatic N) is 1. The average molecular weight is 531 g/mol. The summed E-state index contributed by atoms with van der Waals surface area (Å²) in [5, 5.41) is 9.86. The maximum atomic E-state index is 11.8. The average Bonchev–Trinajstić information content (AvgIpc) is 2.72. The Hall–Kier alpha value is -2.00. The summed E-state index contributed by atoms with van der Waals surface area (Å²) in [7, 11) is 3.24. The van der Waals surface area contributed by atoms with Crippen molar-refractivity contribution in [3.8, 4) is 5.75 Å². The van der Waals surface area contributed by atoms with Gasteiger partial charge in [-0.1, -0.05) is 29.8 Å². The highest BCUT2D eigenvalue weighted by atomic mass is 127. The fraction of sp³-hybridized carbons (Fsp3) is 0.333. The number of ether oxygens (including phenoxy) is 1. The molecule has 0 heterocycles. The third kappa shape index (κ3) is 8.10. The first-order valence-electron chi connectivity index (χ1n) is 9.23. The van der Waals surface area contributed by atoms with Crippen molar-refractivity contribution in [1.82, 2.24) is 16.0 Å². The number of guanidine groups is 1. The van der Waals surface area contributed by atoms with E-state index in [1.807, 2.05) is 43.3 Å². The number of benzene rings is 2. The molecule has 0 saturated carbocycles. The number of aliphatic imine (C=N–C) groups is 1. The maximum Gasteiger partial charge on any atom is 0.251 e. The summed E-state index contributed by atoms with van der Waals surface area (Å²) in [5.74, 6) is 1.36. The van der Waals surface area contributed by atoms with Gasteiger partial charge in [0.1, 0.15) is 5.75 Å². The second kappa shape index (κ2) is 13.3. The molecule has 29 heavy (non-hydrogen) atoms. The van der Waals surface area contributed by atoms with E-state index in [1.54, 1.807) is 20.2 Å². The molecule has 0 spiro atoms. The number of methoxy groups -OCH3 is 1. The highest BCUT2D eigenvalue weighted by molar-refractivity contribution is 14.0. The number of amides is 1. The van der Waals surface area contributed by atoms with Crippen LogP contribution in [0.5, 0.6) is 5.75 Å². The molecule has 2 aromatic carbocycles. The molecule has 6 nitrogen and oxygen atoms in total. The summed E-state index contributed by atoms with van der Waals surface area (Å²) >= 11 is 6.29. The number of halogens is 2. The molecular formula is C21H28ClIN4O2. The zero-order chi connectivity index (χ0) is 20.4. The molecule has 0 bridgehead atoms. The molecule has 0 aliphatic carbocycles. The maximum absolute atomic E-state index is 11.8. The number of carbonyl (C=O) groups excluding carboxylic acids is 1. The lowest BCUT2D eigenvalue weighted by molar-refractivity contribution is 0.0963. The van der Waals surface area contributed by atoms with Gasteiger partial charge in [0.25, 0.3) is 5.91 Å². The summed E-state index contributed by atoms with van der Waals surface area (Å²) in [4.78, 5) is 16.4. The molecule has 3 N–H and O–H groups in total. The molecule has 0 aliphatic rings. The van der Waals surface area contributed by atoms with E-state index < -0.39 is 0 Å². The van der Waals surface area contributed by atoms with E-state index in [9.17, 15) is 4.79 Å². The predicted octanol–water partition coefficient (Wildman–Crippen LogP) is 3.62. The van der Waals surface area contributed by atoms with Crippen molar-refractivity contribution in [1.29, 1.82) is 0 Å². The summed E-state index contributed by atoms with van der Waals surface area (Å²) in [6, 6.07) is 13.1. The van der Waals surface area contributed by atoms with E-state index >= 15 is 0 Å². The van der Waals surface area contributed by atoms with Gasteiger partial charge in [-0.3, -0.25) is 4.79 Å². The van der Waals surface area contributed by atoms with E-state index in [0.29, 0.717) is 23.7 Å². The summed E-state index contributed by atoms with van der Waals surface area (Å²) in [6.07, 6.45) is 0.763. The number of hydrogen-bond acceptors (Lipinski definition) is 3. The van der Waals surface area contributed by atoms with E-state index in [-0.39, 0.29) is 29.9 Å². The Labute approximate surface area is 194 Å². The lowest BCUT2D eigenvalue weighted by Crippen LogP contribution is -2.38. The molecule has 0 aliphatic heterocycles. The molecule has 0 saturated heterocycles. The predicted molar refractivity (Wildman–Crippen MR) is 130 cm³/mol. The van der Waals surface area contributed by atoms with E-state index in [2.05, 4.69) is 20.9 Å². The first-order chi connectivity index (χ1) is 13.6. The van der Waals surface area contributed by atoms with Gasteiger partial charge in [0.15, 0.2) is 5.96 Å². The number of rotatable bonds is 8. The van der Waals surface area contributed by atoms with Gasteiger partial charge >= 0.3 is 0 Å². The second-order valence-corrected chi connectivity index (χ2v) is 6.52. The highest BCUT2D eigenvalue weighted by Gasteiger charge is 2.05. The molecule has 8 heteroatoms. The summed E-state index contributed by atoms with van der Waals surface area (Å²) < 4.78 is 5.17. The van der Waals surface area contributed by atoms with Gasteiger partial charge in [-0.05, 0) is 48.7 Å². The Balaban J connectivity index is 0.00000420. The van der Waals surface area contributed by atoms with Crippen molar-refractivity contribution in [2.75, 3.05) is 27.2 Å². The van der Waals surface area contributed by atoms with Crippen LogP contribution in [-0.2, 0) is 13.0 Å². The summed E-state index contributed by atoms with van der Waals surface area (Å²) in [5.41, 5.74) is 2.64. The number of nitrogens with one attached hydrogen (secondary N) is 3. The molecule has 1 amide bonds. The zero-order valence-electron chi connectivity index (χ0n) is 16.9. The van der Waals surface area contributed by atoms with Crippen LogP contribution >= 0.6 is 35.6 Å². The van der Waals surface area contributed by atoms with E-state index in [1.165, 1.54) is 0 Å². The van der Waals surface area contributed by atoms with Gasteiger partial charge in [-0.2, -0.15) is 0 Å². The van der Waals surface area contributed by atoms with Crippen LogP contribution in [0.3, 0.4) is 0 Å². The van der Waals surface area contributed by atoms with Gasteiger partial charge in [-0.25, -0.2) is 4.99 Å². The molecular weight excluding hydrogens is 503 g/mol. The Morgan fingerprint density at radius 2 is 1.97 bits per heavy atom. The van der Waals surface area contributed by atoms with Crippen molar-refractivity contribution < 1.29 is 9.53 Å². The van der Waals surface area contributed by atoms with Crippen LogP contribution in [0.1, 0.15) is 28.4 Å². The van der Waals surface area contributed by atoms with E-state index in [0.717, 1.165) is 35.8 Å². The van der Waals surface area contributed by atoms with Crippen LogP contribution in [0.2, 0.25) is 5.02 Å².